The normalized spacial score (nSPS) is 23.3. The van der Waals surface area contributed by atoms with E-state index in [-0.39, 0.29) is 4.92 Å². The van der Waals surface area contributed by atoms with Crippen molar-refractivity contribution in [2.24, 2.45) is 0 Å². The Morgan fingerprint density at radius 3 is 2.33 bits per heavy atom. The number of piperazine rings is 1. The van der Waals surface area contributed by atoms with Gasteiger partial charge >= 0.3 is 0 Å². The third kappa shape index (κ3) is 2.62. The van der Waals surface area contributed by atoms with Crippen LogP contribution in [-0.4, -0.2) is 42.0 Å². The second-order valence-corrected chi connectivity index (χ2v) is 6.53. The van der Waals surface area contributed by atoms with Crippen LogP contribution < -0.4 is 4.90 Å². The third-order valence-corrected chi connectivity index (χ3v) is 4.97. The molecule has 112 valence electrons. The van der Waals surface area contributed by atoms with Crippen molar-refractivity contribution in [3.63, 3.8) is 0 Å². The Kier molecular flexibility index (Phi) is 3.10. The van der Waals surface area contributed by atoms with E-state index < -0.39 is 0 Å². The lowest BCUT2D eigenvalue weighted by atomic mass is 10.1. The van der Waals surface area contributed by atoms with Gasteiger partial charge in [0.1, 0.15) is 0 Å². The maximum Gasteiger partial charge on any atom is 0.273 e. The van der Waals surface area contributed by atoms with Crippen molar-refractivity contribution >= 4 is 11.4 Å². The smallest absolute Gasteiger partial charge is 0.273 e. The average Bonchev–Trinajstić information content (AvgIpc) is 3.40. The summed E-state index contributed by atoms with van der Waals surface area (Å²) in [5.41, 5.74) is 2.41. The van der Waals surface area contributed by atoms with Gasteiger partial charge in [0.25, 0.3) is 5.69 Å². The summed E-state index contributed by atoms with van der Waals surface area (Å²) >= 11 is 0. The lowest BCUT2D eigenvalue weighted by Crippen LogP contribution is -2.47. The number of rotatable bonds is 4. The molecule has 1 heterocycles. The van der Waals surface area contributed by atoms with E-state index in [1.165, 1.54) is 12.8 Å². The van der Waals surface area contributed by atoms with Crippen LogP contribution in [0.4, 0.5) is 11.4 Å². The predicted molar refractivity (Wildman–Crippen MR) is 81.9 cm³/mol. The standard InChI is InChI=1S/C16H21N3O2/c20-19(21)16-6-5-14(11-15(16)12-1-2-12)18-9-7-17(8-10-18)13-3-4-13/h5-6,11-13H,1-4,7-10H2. The van der Waals surface area contributed by atoms with Crippen LogP contribution in [0.25, 0.3) is 0 Å². The highest BCUT2D eigenvalue weighted by atomic mass is 16.6. The zero-order chi connectivity index (χ0) is 14.4. The maximum absolute atomic E-state index is 11.2. The number of benzene rings is 1. The first-order chi connectivity index (χ1) is 10.2. The topological polar surface area (TPSA) is 49.6 Å². The molecule has 1 aromatic carbocycles. The molecule has 0 unspecified atom stereocenters. The SMILES string of the molecule is O=[N+]([O-])c1ccc(N2CCN(C3CC3)CC2)cc1C1CC1. The molecule has 21 heavy (non-hydrogen) atoms. The van der Waals surface area contributed by atoms with Gasteiger partial charge in [-0.1, -0.05) is 0 Å². The van der Waals surface area contributed by atoms with Gasteiger partial charge in [0.05, 0.1) is 4.92 Å². The number of hydrogen-bond acceptors (Lipinski definition) is 4. The van der Waals surface area contributed by atoms with Crippen molar-refractivity contribution in [3.8, 4) is 0 Å². The van der Waals surface area contributed by atoms with E-state index >= 15 is 0 Å². The fourth-order valence-electron chi connectivity index (χ4n) is 3.41. The van der Waals surface area contributed by atoms with Gasteiger partial charge in [-0.2, -0.15) is 0 Å². The van der Waals surface area contributed by atoms with Gasteiger partial charge in [-0.05, 0) is 43.7 Å². The summed E-state index contributed by atoms with van der Waals surface area (Å²) < 4.78 is 0. The lowest BCUT2D eigenvalue weighted by molar-refractivity contribution is -0.385. The van der Waals surface area contributed by atoms with Crippen LogP contribution in [0, 0.1) is 10.1 Å². The van der Waals surface area contributed by atoms with Crippen molar-refractivity contribution in [3.05, 3.63) is 33.9 Å². The number of nitro groups is 1. The van der Waals surface area contributed by atoms with Crippen LogP contribution in [0.5, 0.6) is 0 Å². The van der Waals surface area contributed by atoms with Crippen LogP contribution in [0.1, 0.15) is 37.2 Å². The Bertz CT molecular complexity index is 559. The summed E-state index contributed by atoms with van der Waals surface area (Å²) in [5, 5.41) is 11.2. The molecule has 5 nitrogen and oxygen atoms in total. The molecular weight excluding hydrogens is 266 g/mol. The fraction of sp³-hybridized carbons (Fsp3) is 0.625. The quantitative estimate of drug-likeness (QED) is 0.631. The van der Waals surface area contributed by atoms with Crippen LogP contribution in [-0.2, 0) is 0 Å². The highest BCUT2D eigenvalue weighted by molar-refractivity contribution is 5.58. The molecule has 5 heteroatoms. The summed E-state index contributed by atoms with van der Waals surface area (Å²) in [7, 11) is 0. The Morgan fingerprint density at radius 1 is 1.05 bits per heavy atom. The van der Waals surface area contributed by atoms with Gasteiger partial charge in [-0.15, -0.1) is 0 Å². The molecular formula is C16H21N3O2. The number of nitro benzene ring substituents is 1. The van der Waals surface area contributed by atoms with Gasteiger partial charge < -0.3 is 4.90 Å². The summed E-state index contributed by atoms with van der Waals surface area (Å²) in [6.07, 6.45) is 4.92. The minimum Gasteiger partial charge on any atom is -0.369 e. The molecule has 1 saturated heterocycles. The number of anilines is 1. The molecule has 0 atom stereocenters. The van der Waals surface area contributed by atoms with E-state index in [2.05, 4.69) is 15.9 Å². The van der Waals surface area contributed by atoms with Crippen molar-refractivity contribution in [1.82, 2.24) is 4.90 Å². The molecule has 1 aliphatic heterocycles. The molecule has 4 rings (SSSR count). The first kappa shape index (κ1) is 13.1. The summed E-state index contributed by atoms with van der Waals surface area (Å²) in [6, 6.07) is 6.54. The van der Waals surface area contributed by atoms with E-state index in [1.54, 1.807) is 6.07 Å². The van der Waals surface area contributed by atoms with Gasteiger partial charge in [0.15, 0.2) is 0 Å². The van der Waals surface area contributed by atoms with Gasteiger partial charge in [0.2, 0.25) is 0 Å². The second kappa shape index (κ2) is 4.98. The van der Waals surface area contributed by atoms with E-state index in [0.717, 1.165) is 56.3 Å². The Labute approximate surface area is 124 Å². The van der Waals surface area contributed by atoms with Crippen LogP contribution in [0.15, 0.2) is 18.2 Å². The van der Waals surface area contributed by atoms with E-state index in [1.807, 2.05) is 6.07 Å². The average molecular weight is 287 g/mol. The second-order valence-electron chi connectivity index (χ2n) is 6.53. The minimum atomic E-state index is -0.234. The Morgan fingerprint density at radius 2 is 1.76 bits per heavy atom. The fourth-order valence-corrected chi connectivity index (χ4v) is 3.41. The molecule has 0 amide bonds. The zero-order valence-electron chi connectivity index (χ0n) is 12.2. The maximum atomic E-state index is 11.2. The van der Waals surface area contributed by atoms with E-state index in [4.69, 9.17) is 0 Å². The summed E-state index contributed by atoms with van der Waals surface area (Å²) in [4.78, 5) is 15.9. The largest absolute Gasteiger partial charge is 0.369 e. The van der Waals surface area contributed by atoms with Crippen LogP contribution in [0.3, 0.4) is 0 Å². The first-order valence-electron chi connectivity index (χ1n) is 8.00. The highest BCUT2D eigenvalue weighted by Crippen LogP contribution is 2.45. The highest BCUT2D eigenvalue weighted by Gasteiger charge is 2.33. The predicted octanol–water partition coefficient (Wildman–Crippen LogP) is 2.76. The molecule has 2 aliphatic carbocycles. The molecule has 1 aromatic rings. The molecule has 3 fully saturated rings. The lowest BCUT2D eigenvalue weighted by Gasteiger charge is -2.36. The number of nitrogens with zero attached hydrogens (tertiary/aromatic N) is 3. The number of hydrogen-bond donors (Lipinski definition) is 0. The van der Waals surface area contributed by atoms with Gasteiger partial charge in [-0.25, -0.2) is 0 Å². The van der Waals surface area contributed by atoms with Crippen molar-refractivity contribution in [2.75, 3.05) is 31.1 Å². The van der Waals surface area contributed by atoms with E-state index in [9.17, 15) is 10.1 Å². The van der Waals surface area contributed by atoms with E-state index in [0.29, 0.717) is 11.6 Å². The monoisotopic (exact) mass is 287 g/mol. The third-order valence-electron chi connectivity index (χ3n) is 4.97. The zero-order valence-corrected chi connectivity index (χ0v) is 12.2. The molecule has 0 N–H and O–H groups in total. The molecule has 3 aliphatic rings. The summed E-state index contributed by atoms with van der Waals surface area (Å²) in [6.45, 7) is 4.33. The van der Waals surface area contributed by atoms with Crippen LogP contribution in [0.2, 0.25) is 0 Å². The first-order valence-corrected chi connectivity index (χ1v) is 8.00. The van der Waals surface area contributed by atoms with Crippen molar-refractivity contribution in [2.45, 2.75) is 37.6 Å². The minimum absolute atomic E-state index is 0.234. The Hall–Kier alpha value is -1.62. The molecule has 0 aromatic heterocycles. The van der Waals surface area contributed by atoms with Gasteiger partial charge in [-0.3, -0.25) is 15.0 Å². The van der Waals surface area contributed by atoms with Gasteiger partial charge in [0, 0.05) is 49.5 Å². The molecule has 2 saturated carbocycles. The molecule has 0 bridgehead atoms. The summed E-state index contributed by atoms with van der Waals surface area (Å²) in [5.74, 6) is 0.415. The molecule has 0 spiro atoms. The van der Waals surface area contributed by atoms with Crippen molar-refractivity contribution in [1.29, 1.82) is 0 Å². The van der Waals surface area contributed by atoms with Crippen molar-refractivity contribution < 1.29 is 4.92 Å². The Balaban J connectivity index is 1.52. The molecule has 0 radical (unpaired) electrons. The van der Waals surface area contributed by atoms with Crippen LogP contribution >= 0.6 is 0 Å².